The first kappa shape index (κ1) is 40.1. The molecular weight excluding hydrogens is 644 g/mol. The molecule has 8 heteroatoms. The van der Waals surface area contributed by atoms with Crippen molar-refractivity contribution in [2.24, 2.45) is 62.6 Å². The van der Waals surface area contributed by atoms with Crippen LogP contribution in [0.15, 0.2) is 0 Å². The zero-order chi connectivity index (χ0) is 37.7. The van der Waals surface area contributed by atoms with Gasteiger partial charge >= 0.3 is 23.9 Å². The Kier molecular flexibility index (Phi) is 11.5. The van der Waals surface area contributed by atoms with Crippen molar-refractivity contribution in [1.82, 2.24) is 0 Å². The second-order valence-corrected chi connectivity index (χ2v) is 19.5. The van der Waals surface area contributed by atoms with Crippen molar-refractivity contribution < 1.29 is 38.1 Å². The topological polar surface area (TPSA) is 105 Å². The summed E-state index contributed by atoms with van der Waals surface area (Å²) in [7, 11) is 0. The van der Waals surface area contributed by atoms with Crippen LogP contribution in [0.25, 0.3) is 0 Å². The van der Waals surface area contributed by atoms with E-state index in [9.17, 15) is 19.2 Å². The predicted octanol–water partition coefficient (Wildman–Crippen LogP) is 9.25. The molecule has 5 fully saturated rings. The molecule has 0 aromatic heterocycles. The summed E-state index contributed by atoms with van der Waals surface area (Å²) in [6, 6.07) is 0. The summed E-state index contributed by atoms with van der Waals surface area (Å²) in [5.74, 6) is 1.68. The zero-order valence-electron chi connectivity index (χ0n) is 33.9. The fourth-order valence-corrected chi connectivity index (χ4v) is 14.4. The highest BCUT2D eigenvalue weighted by molar-refractivity contribution is 5.68. The number of rotatable bonds is 11. The molecule has 0 unspecified atom stereocenters. The van der Waals surface area contributed by atoms with Crippen molar-refractivity contribution in [1.29, 1.82) is 0 Å². The Morgan fingerprint density at radius 1 is 0.588 bits per heavy atom. The Morgan fingerprint density at radius 3 is 1.75 bits per heavy atom. The Bertz CT molecular complexity index is 1320. The molecule has 0 bridgehead atoms. The molecule has 5 rings (SSSR count). The SMILES string of the molecule is CC(=O)OC[C@@H](OC(C)=O)[C@@H](OC(C)=O)[C@@H](CC[C@@H](C)[C@H]1CC[C@@]2(C)[C@@H]1CC[C@]1(C)[C@@H]2CC[C@@H]2[C@@]3(C)CCCC(C)(C)[C@@H]3CC[C@]21C)OC(C)=O. The quantitative estimate of drug-likeness (QED) is 0.154. The highest BCUT2D eigenvalue weighted by atomic mass is 16.6. The molecule has 0 N–H and O–H groups in total. The molecule has 0 aromatic carbocycles. The summed E-state index contributed by atoms with van der Waals surface area (Å²) in [6.45, 7) is 23.0. The van der Waals surface area contributed by atoms with E-state index in [0.717, 1.165) is 24.2 Å². The maximum Gasteiger partial charge on any atom is 0.303 e. The molecule has 13 atom stereocenters. The number of hydrogen-bond donors (Lipinski definition) is 0. The molecule has 5 saturated carbocycles. The molecule has 0 spiro atoms. The van der Waals surface area contributed by atoms with Crippen molar-refractivity contribution in [3.63, 3.8) is 0 Å². The molecule has 0 amide bonds. The highest BCUT2D eigenvalue weighted by Crippen LogP contribution is 2.78. The fraction of sp³-hybridized carbons (Fsp3) is 0.907. The molecule has 0 radical (unpaired) electrons. The van der Waals surface area contributed by atoms with Crippen LogP contribution in [0.2, 0.25) is 0 Å². The van der Waals surface area contributed by atoms with E-state index in [1.165, 1.54) is 98.3 Å². The number of carbonyl (C=O) groups is 4. The minimum Gasteiger partial charge on any atom is -0.462 e. The van der Waals surface area contributed by atoms with Crippen LogP contribution in [-0.4, -0.2) is 48.8 Å². The molecule has 5 aliphatic carbocycles. The molecule has 0 saturated heterocycles. The van der Waals surface area contributed by atoms with E-state index in [1.54, 1.807) is 0 Å². The number of hydrogen-bond acceptors (Lipinski definition) is 8. The standard InChI is InChI=1S/C43H70O8/c1-26(13-14-33(49-28(3)45)38(51-30(5)47)34(50-29(4)46)25-48-27(2)44)31-17-22-40(8)32(31)18-23-42(10)36(40)15-16-37-41(9)21-12-20-39(6,7)35(41)19-24-43(37,42)11/h26,31-38H,12-25H2,1-11H3/t26-,31-,32-,33-,34-,35+,36-,37-,38+,40+,41+,42-,43-/m1/s1. The first-order chi connectivity index (χ1) is 23.7. The molecular formula is C43H70O8. The van der Waals surface area contributed by atoms with Crippen LogP contribution in [-0.2, 0) is 38.1 Å². The van der Waals surface area contributed by atoms with Crippen LogP contribution < -0.4 is 0 Å². The highest BCUT2D eigenvalue weighted by Gasteiger charge is 2.70. The van der Waals surface area contributed by atoms with E-state index in [1.807, 2.05) is 0 Å². The van der Waals surface area contributed by atoms with Gasteiger partial charge in [-0.05, 0) is 140 Å². The number of fused-ring (bicyclic) bond motifs is 7. The van der Waals surface area contributed by atoms with Gasteiger partial charge in [0.2, 0.25) is 0 Å². The average molecular weight is 715 g/mol. The molecule has 8 nitrogen and oxygen atoms in total. The lowest BCUT2D eigenvalue weighted by atomic mass is 9.32. The normalized spacial score (nSPS) is 40.5. The van der Waals surface area contributed by atoms with Gasteiger partial charge in [-0.3, -0.25) is 19.2 Å². The van der Waals surface area contributed by atoms with E-state index >= 15 is 0 Å². The smallest absolute Gasteiger partial charge is 0.303 e. The summed E-state index contributed by atoms with van der Waals surface area (Å²) >= 11 is 0. The first-order valence-corrected chi connectivity index (χ1v) is 20.3. The van der Waals surface area contributed by atoms with Gasteiger partial charge in [-0.15, -0.1) is 0 Å². The molecule has 0 aliphatic heterocycles. The summed E-state index contributed by atoms with van der Waals surface area (Å²) in [5, 5.41) is 0. The van der Waals surface area contributed by atoms with Gasteiger partial charge in [0.1, 0.15) is 12.7 Å². The van der Waals surface area contributed by atoms with Crippen molar-refractivity contribution in [3.8, 4) is 0 Å². The van der Waals surface area contributed by atoms with E-state index in [4.69, 9.17) is 18.9 Å². The maximum absolute atomic E-state index is 12.4. The van der Waals surface area contributed by atoms with Gasteiger partial charge in [-0.1, -0.05) is 54.9 Å². The number of carbonyl (C=O) groups excluding carboxylic acids is 4. The molecule has 0 aromatic rings. The van der Waals surface area contributed by atoms with Crippen molar-refractivity contribution in [2.45, 2.75) is 178 Å². The second-order valence-electron chi connectivity index (χ2n) is 19.5. The summed E-state index contributed by atoms with van der Waals surface area (Å²) in [6.07, 6.45) is 12.8. The lowest BCUT2D eigenvalue weighted by Gasteiger charge is -2.73. The summed E-state index contributed by atoms with van der Waals surface area (Å²) in [4.78, 5) is 48.3. The lowest BCUT2D eigenvalue weighted by molar-refractivity contribution is -0.241. The molecule has 51 heavy (non-hydrogen) atoms. The van der Waals surface area contributed by atoms with Gasteiger partial charge in [0.05, 0.1) is 0 Å². The van der Waals surface area contributed by atoms with Crippen molar-refractivity contribution in [2.75, 3.05) is 6.61 Å². The Balaban J connectivity index is 1.33. The van der Waals surface area contributed by atoms with Gasteiger partial charge in [0, 0.05) is 27.7 Å². The van der Waals surface area contributed by atoms with Gasteiger partial charge < -0.3 is 18.9 Å². The van der Waals surface area contributed by atoms with Crippen molar-refractivity contribution >= 4 is 23.9 Å². The van der Waals surface area contributed by atoms with Gasteiger partial charge in [-0.2, -0.15) is 0 Å². The molecule has 290 valence electrons. The molecule has 5 aliphatic rings. The van der Waals surface area contributed by atoms with Crippen LogP contribution in [0.1, 0.15) is 160 Å². The Hall–Kier alpha value is -2.12. The fourth-order valence-electron chi connectivity index (χ4n) is 14.4. The first-order valence-electron chi connectivity index (χ1n) is 20.3. The van der Waals surface area contributed by atoms with Crippen LogP contribution in [0.5, 0.6) is 0 Å². The lowest BCUT2D eigenvalue weighted by Crippen LogP contribution is -2.65. The Morgan fingerprint density at radius 2 is 1.16 bits per heavy atom. The van der Waals surface area contributed by atoms with Gasteiger partial charge in [0.25, 0.3) is 0 Å². The summed E-state index contributed by atoms with van der Waals surface area (Å²) < 4.78 is 22.1. The van der Waals surface area contributed by atoms with Gasteiger partial charge in [-0.25, -0.2) is 0 Å². The third-order valence-corrected chi connectivity index (χ3v) is 16.5. The van der Waals surface area contributed by atoms with Crippen LogP contribution in [0, 0.1) is 62.6 Å². The number of ether oxygens (including phenoxy) is 4. The number of esters is 4. The maximum atomic E-state index is 12.4. The minimum absolute atomic E-state index is 0.305. The van der Waals surface area contributed by atoms with E-state index in [-0.39, 0.29) is 6.61 Å². The summed E-state index contributed by atoms with van der Waals surface area (Å²) in [5.41, 5.74) is 1.92. The minimum atomic E-state index is -1.10. The average Bonchev–Trinajstić information content (AvgIpc) is 3.36. The predicted molar refractivity (Wildman–Crippen MR) is 196 cm³/mol. The largest absolute Gasteiger partial charge is 0.462 e. The van der Waals surface area contributed by atoms with Crippen LogP contribution >= 0.6 is 0 Å². The van der Waals surface area contributed by atoms with Crippen LogP contribution in [0.3, 0.4) is 0 Å². The third-order valence-electron chi connectivity index (χ3n) is 16.5. The van der Waals surface area contributed by atoms with Crippen LogP contribution in [0.4, 0.5) is 0 Å². The third kappa shape index (κ3) is 7.25. The zero-order valence-corrected chi connectivity index (χ0v) is 33.9. The van der Waals surface area contributed by atoms with Gasteiger partial charge in [0.15, 0.2) is 12.2 Å². The van der Waals surface area contributed by atoms with E-state index < -0.39 is 42.2 Å². The van der Waals surface area contributed by atoms with E-state index in [0.29, 0.717) is 51.2 Å². The Labute approximate surface area is 308 Å². The van der Waals surface area contributed by atoms with Crippen molar-refractivity contribution in [3.05, 3.63) is 0 Å². The monoisotopic (exact) mass is 715 g/mol. The second kappa shape index (κ2) is 14.6. The molecule has 0 heterocycles. The van der Waals surface area contributed by atoms with E-state index in [2.05, 4.69) is 48.5 Å².